The third kappa shape index (κ3) is 3.49. The second kappa shape index (κ2) is 4.90. The highest BCUT2D eigenvalue weighted by atomic mass is 16.5. The minimum atomic E-state index is -0.291. The number of carbonyl (C=O) groups is 1. The quantitative estimate of drug-likeness (QED) is 0.487. The van der Waals surface area contributed by atoms with Crippen molar-refractivity contribution in [2.24, 2.45) is 5.92 Å². The predicted molar refractivity (Wildman–Crippen MR) is 51.1 cm³/mol. The van der Waals surface area contributed by atoms with Crippen molar-refractivity contribution in [3.8, 4) is 0 Å². The maximum absolute atomic E-state index is 10.7. The van der Waals surface area contributed by atoms with Crippen LogP contribution in [0.25, 0.3) is 0 Å². The summed E-state index contributed by atoms with van der Waals surface area (Å²) in [6.45, 7) is 1.05. The summed E-state index contributed by atoms with van der Waals surface area (Å²) in [5, 5.41) is 0. The van der Waals surface area contributed by atoms with Gasteiger partial charge in [-0.05, 0) is 18.8 Å². The summed E-state index contributed by atoms with van der Waals surface area (Å²) >= 11 is 0. The van der Waals surface area contributed by atoms with Crippen LogP contribution in [-0.4, -0.2) is 31.6 Å². The van der Waals surface area contributed by atoms with Crippen molar-refractivity contribution in [3.63, 3.8) is 0 Å². The van der Waals surface area contributed by atoms with E-state index in [0.717, 1.165) is 12.5 Å². The molecule has 0 atom stereocenters. The van der Waals surface area contributed by atoms with Gasteiger partial charge < -0.3 is 9.64 Å². The number of nitrogens with zero attached hydrogens (tertiary/aromatic N) is 1. The van der Waals surface area contributed by atoms with Gasteiger partial charge in [0.1, 0.15) is 0 Å². The molecule has 0 aromatic rings. The van der Waals surface area contributed by atoms with E-state index in [-0.39, 0.29) is 5.97 Å². The van der Waals surface area contributed by atoms with E-state index < -0.39 is 0 Å². The minimum Gasteiger partial charge on any atom is -0.466 e. The predicted octanol–water partition coefficient (Wildman–Crippen LogP) is 1.41. The number of ether oxygens (including phenoxy) is 1. The summed E-state index contributed by atoms with van der Waals surface area (Å²) in [5.74, 6) is 0.535. The lowest BCUT2D eigenvalue weighted by molar-refractivity contribution is -0.134. The molecule has 0 N–H and O–H groups in total. The fraction of sp³-hybridized carbons (Fsp3) is 0.700. The summed E-state index contributed by atoms with van der Waals surface area (Å²) < 4.78 is 4.49. The van der Waals surface area contributed by atoms with Crippen molar-refractivity contribution < 1.29 is 9.53 Å². The van der Waals surface area contributed by atoms with Gasteiger partial charge in [-0.2, -0.15) is 0 Å². The van der Waals surface area contributed by atoms with Crippen molar-refractivity contribution >= 4 is 5.97 Å². The summed E-state index contributed by atoms with van der Waals surface area (Å²) in [6, 6.07) is 0. The lowest BCUT2D eigenvalue weighted by atomic mass is 9.85. The third-order valence-electron chi connectivity index (χ3n) is 2.44. The second-order valence-corrected chi connectivity index (χ2v) is 3.58. The first-order valence-electron chi connectivity index (χ1n) is 4.68. The molecule has 3 nitrogen and oxygen atoms in total. The van der Waals surface area contributed by atoms with Gasteiger partial charge in [0, 0.05) is 25.9 Å². The molecule has 13 heavy (non-hydrogen) atoms. The van der Waals surface area contributed by atoms with E-state index in [1.165, 1.54) is 32.4 Å². The Morgan fingerprint density at radius 2 is 2.31 bits per heavy atom. The van der Waals surface area contributed by atoms with Crippen LogP contribution in [0.2, 0.25) is 0 Å². The molecule has 1 aliphatic rings. The normalized spacial score (nSPS) is 17.1. The molecule has 0 aromatic heterocycles. The smallest absolute Gasteiger partial charge is 0.331 e. The number of esters is 1. The zero-order chi connectivity index (χ0) is 9.68. The Bertz CT molecular complexity index is 197. The SMILES string of the molecule is COC(=O)C=CN(C)CC1CCC1. The Kier molecular flexibility index (Phi) is 3.80. The maximum atomic E-state index is 10.7. The van der Waals surface area contributed by atoms with Crippen LogP contribution in [0.1, 0.15) is 19.3 Å². The van der Waals surface area contributed by atoms with Crippen LogP contribution in [0, 0.1) is 5.92 Å². The van der Waals surface area contributed by atoms with E-state index in [4.69, 9.17) is 0 Å². The van der Waals surface area contributed by atoms with Crippen LogP contribution in [0.15, 0.2) is 12.3 Å². The Hall–Kier alpha value is -0.990. The molecule has 0 heterocycles. The zero-order valence-corrected chi connectivity index (χ0v) is 8.32. The molecule has 1 fully saturated rings. The number of rotatable bonds is 4. The minimum absolute atomic E-state index is 0.291. The average molecular weight is 183 g/mol. The largest absolute Gasteiger partial charge is 0.466 e. The summed E-state index contributed by atoms with van der Waals surface area (Å²) in [7, 11) is 3.37. The second-order valence-electron chi connectivity index (χ2n) is 3.58. The number of hydrogen-bond acceptors (Lipinski definition) is 3. The lowest BCUT2D eigenvalue weighted by Crippen LogP contribution is -2.25. The molecule has 0 spiro atoms. The average Bonchev–Trinajstić information content (AvgIpc) is 2.07. The fourth-order valence-corrected chi connectivity index (χ4v) is 1.40. The molecule has 1 rings (SSSR count). The third-order valence-corrected chi connectivity index (χ3v) is 2.44. The van der Waals surface area contributed by atoms with Crippen LogP contribution in [0.3, 0.4) is 0 Å². The molecular weight excluding hydrogens is 166 g/mol. The van der Waals surface area contributed by atoms with E-state index >= 15 is 0 Å². The molecule has 1 saturated carbocycles. The standard InChI is InChI=1S/C10H17NO2/c1-11(7-6-10(12)13-2)8-9-4-3-5-9/h6-7,9H,3-5,8H2,1-2H3. The first kappa shape index (κ1) is 10.1. The number of hydrogen-bond donors (Lipinski definition) is 0. The van der Waals surface area contributed by atoms with E-state index in [9.17, 15) is 4.79 Å². The molecule has 74 valence electrons. The molecule has 0 aromatic carbocycles. The van der Waals surface area contributed by atoms with Gasteiger partial charge in [-0.1, -0.05) is 6.42 Å². The Morgan fingerprint density at radius 1 is 1.62 bits per heavy atom. The molecule has 0 bridgehead atoms. The molecular formula is C10H17NO2. The molecule has 0 radical (unpaired) electrons. The fourth-order valence-electron chi connectivity index (χ4n) is 1.40. The zero-order valence-electron chi connectivity index (χ0n) is 8.32. The Balaban J connectivity index is 2.18. The van der Waals surface area contributed by atoms with E-state index in [1.807, 2.05) is 11.9 Å². The van der Waals surface area contributed by atoms with Crippen LogP contribution in [0.5, 0.6) is 0 Å². The van der Waals surface area contributed by atoms with Gasteiger partial charge in [-0.25, -0.2) is 4.79 Å². The summed E-state index contributed by atoms with van der Waals surface area (Å²) in [5.41, 5.74) is 0. The number of carbonyl (C=O) groups excluding carboxylic acids is 1. The highest BCUT2D eigenvalue weighted by molar-refractivity contribution is 5.81. The number of methoxy groups -OCH3 is 1. The molecule has 1 aliphatic carbocycles. The van der Waals surface area contributed by atoms with E-state index in [0.29, 0.717) is 0 Å². The summed E-state index contributed by atoms with van der Waals surface area (Å²) in [4.78, 5) is 12.8. The van der Waals surface area contributed by atoms with Crippen molar-refractivity contribution in [1.82, 2.24) is 4.90 Å². The van der Waals surface area contributed by atoms with Gasteiger partial charge in [0.05, 0.1) is 7.11 Å². The van der Waals surface area contributed by atoms with Crippen molar-refractivity contribution in [2.45, 2.75) is 19.3 Å². The van der Waals surface area contributed by atoms with Gasteiger partial charge >= 0.3 is 5.97 Å². The van der Waals surface area contributed by atoms with Crippen LogP contribution in [0.4, 0.5) is 0 Å². The van der Waals surface area contributed by atoms with Crippen LogP contribution in [-0.2, 0) is 9.53 Å². The van der Waals surface area contributed by atoms with Gasteiger partial charge in [-0.15, -0.1) is 0 Å². The van der Waals surface area contributed by atoms with Crippen LogP contribution < -0.4 is 0 Å². The van der Waals surface area contributed by atoms with Gasteiger partial charge in [0.15, 0.2) is 0 Å². The van der Waals surface area contributed by atoms with Crippen LogP contribution >= 0.6 is 0 Å². The highest BCUT2D eigenvalue weighted by Gasteiger charge is 2.17. The van der Waals surface area contributed by atoms with Gasteiger partial charge in [0.25, 0.3) is 0 Å². The van der Waals surface area contributed by atoms with E-state index in [2.05, 4.69) is 4.74 Å². The molecule has 3 heteroatoms. The Morgan fingerprint density at radius 3 is 2.77 bits per heavy atom. The molecule has 0 aliphatic heterocycles. The molecule has 0 unspecified atom stereocenters. The van der Waals surface area contributed by atoms with Crippen molar-refractivity contribution in [2.75, 3.05) is 20.7 Å². The maximum Gasteiger partial charge on any atom is 0.331 e. The first-order chi connectivity index (χ1) is 6.22. The van der Waals surface area contributed by atoms with Gasteiger partial charge in [-0.3, -0.25) is 0 Å². The summed E-state index contributed by atoms with van der Waals surface area (Å²) in [6.07, 6.45) is 7.26. The van der Waals surface area contributed by atoms with Crippen molar-refractivity contribution in [3.05, 3.63) is 12.3 Å². The van der Waals surface area contributed by atoms with Crippen molar-refractivity contribution in [1.29, 1.82) is 0 Å². The lowest BCUT2D eigenvalue weighted by Gasteiger charge is -2.29. The van der Waals surface area contributed by atoms with E-state index in [1.54, 1.807) is 6.20 Å². The first-order valence-corrected chi connectivity index (χ1v) is 4.68. The monoisotopic (exact) mass is 183 g/mol. The highest BCUT2D eigenvalue weighted by Crippen LogP contribution is 2.26. The molecule has 0 amide bonds. The Labute approximate surface area is 79.4 Å². The topological polar surface area (TPSA) is 29.5 Å². The molecule has 0 saturated heterocycles. The van der Waals surface area contributed by atoms with Gasteiger partial charge in [0.2, 0.25) is 0 Å².